The maximum Gasteiger partial charge on any atom is 0.252 e. The quantitative estimate of drug-likeness (QED) is 0.560. The second kappa shape index (κ2) is 7.11. The number of rotatable bonds is 5. The van der Waals surface area contributed by atoms with Gasteiger partial charge in [-0.25, -0.2) is 0 Å². The lowest BCUT2D eigenvalue weighted by Crippen LogP contribution is -2.17. The Morgan fingerprint density at radius 3 is 2.71 bits per heavy atom. The summed E-state index contributed by atoms with van der Waals surface area (Å²) < 4.78 is 1.74. The fourth-order valence-corrected chi connectivity index (χ4v) is 3.20. The average Bonchev–Trinajstić information content (AvgIpc) is 3.15. The predicted octanol–water partition coefficient (Wildman–Crippen LogP) is 3.30. The van der Waals surface area contributed by atoms with Crippen molar-refractivity contribution in [1.82, 2.24) is 19.7 Å². The number of fused-ring (bicyclic) bond motifs is 1. The minimum Gasteiger partial charge on any atom is -0.376 e. The van der Waals surface area contributed by atoms with E-state index in [9.17, 15) is 4.79 Å². The molecule has 1 aromatic carbocycles. The first-order valence-corrected chi connectivity index (χ1v) is 8.92. The molecule has 0 saturated carbocycles. The molecule has 3 aromatic heterocycles. The molecule has 140 valence electrons. The van der Waals surface area contributed by atoms with E-state index in [1.807, 2.05) is 56.6 Å². The van der Waals surface area contributed by atoms with E-state index in [2.05, 4.69) is 20.4 Å². The summed E-state index contributed by atoms with van der Waals surface area (Å²) >= 11 is 0. The molecule has 0 aliphatic rings. The number of pyridine rings is 2. The Balaban J connectivity index is 1.85. The van der Waals surface area contributed by atoms with E-state index in [4.69, 9.17) is 5.73 Å². The molecule has 0 aliphatic carbocycles. The molecule has 0 radical (unpaired) electrons. The minimum atomic E-state index is -0.531. The van der Waals surface area contributed by atoms with Crippen LogP contribution in [0.2, 0.25) is 0 Å². The predicted molar refractivity (Wildman–Crippen MR) is 109 cm³/mol. The summed E-state index contributed by atoms with van der Waals surface area (Å²) in [7, 11) is 1.87. The summed E-state index contributed by atoms with van der Waals surface area (Å²) in [6.07, 6.45) is 6.94. The third-order valence-electron chi connectivity index (χ3n) is 4.67. The van der Waals surface area contributed by atoms with Crippen LogP contribution in [-0.2, 0) is 7.05 Å². The number of nitrogens with zero attached hydrogens (tertiary/aromatic N) is 4. The smallest absolute Gasteiger partial charge is 0.252 e. The second-order valence-corrected chi connectivity index (χ2v) is 6.67. The number of nitrogens with two attached hydrogens (primary N) is 1. The summed E-state index contributed by atoms with van der Waals surface area (Å²) in [5.74, 6) is -0.531. The summed E-state index contributed by atoms with van der Waals surface area (Å²) in [6, 6.07) is 11.6. The van der Waals surface area contributed by atoms with Gasteiger partial charge < -0.3 is 11.1 Å². The Morgan fingerprint density at radius 2 is 2.04 bits per heavy atom. The lowest BCUT2D eigenvalue weighted by molar-refractivity contribution is 0.100. The zero-order valence-electron chi connectivity index (χ0n) is 15.6. The van der Waals surface area contributed by atoms with E-state index in [1.165, 1.54) is 6.20 Å². The third kappa shape index (κ3) is 3.29. The van der Waals surface area contributed by atoms with Crippen LogP contribution in [0, 0.1) is 0 Å². The van der Waals surface area contributed by atoms with E-state index in [0.29, 0.717) is 11.3 Å². The molecule has 0 unspecified atom stereocenters. The van der Waals surface area contributed by atoms with Gasteiger partial charge in [0.2, 0.25) is 0 Å². The minimum absolute atomic E-state index is 0.119. The van der Waals surface area contributed by atoms with Crippen LogP contribution < -0.4 is 11.1 Å². The van der Waals surface area contributed by atoms with Crippen LogP contribution in [0.3, 0.4) is 0 Å². The Kier molecular flexibility index (Phi) is 4.49. The molecule has 0 aliphatic heterocycles. The van der Waals surface area contributed by atoms with Gasteiger partial charge in [0.05, 0.1) is 28.5 Å². The first kappa shape index (κ1) is 17.7. The lowest BCUT2D eigenvalue weighted by atomic mass is 10.0. The van der Waals surface area contributed by atoms with Crippen molar-refractivity contribution >= 4 is 22.5 Å². The summed E-state index contributed by atoms with van der Waals surface area (Å²) in [6.45, 7) is 1.99. The van der Waals surface area contributed by atoms with Crippen molar-refractivity contribution in [2.75, 3.05) is 5.32 Å². The highest BCUT2D eigenvalue weighted by Crippen LogP contribution is 2.32. The molecule has 4 aromatic rings. The first-order chi connectivity index (χ1) is 13.5. The van der Waals surface area contributed by atoms with Crippen LogP contribution in [0.15, 0.2) is 61.2 Å². The van der Waals surface area contributed by atoms with Crippen LogP contribution >= 0.6 is 0 Å². The summed E-state index contributed by atoms with van der Waals surface area (Å²) in [4.78, 5) is 20.6. The number of anilines is 1. The zero-order chi connectivity index (χ0) is 19.7. The van der Waals surface area contributed by atoms with Gasteiger partial charge in [-0.2, -0.15) is 5.10 Å². The second-order valence-electron chi connectivity index (χ2n) is 6.67. The lowest BCUT2D eigenvalue weighted by Gasteiger charge is -2.18. The van der Waals surface area contributed by atoms with Crippen LogP contribution in [0.4, 0.5) is 5.69 Å². The van der Waals surface area contributed by atoms with Crippen LogP contribution in [0.5, 0.6) is 0 Å². The highest BCUT2D eigenvalue weighted by Gasteiger charge is 2.17. The van der Waals surface area contributed by atoms with Gasteiger partial charge in [0.1, 0.15) is 0 Å². The third-order valence-corrected chi connectivity index (χ3v) is 4.67. The van der Waals surface area contributed by atoms with Crippen LogP contribution in [-0.4, -0.2) is 25.7 Å². The molecule has 0 fully saturated rings. The Morgan fingerprint density at radius 1 is 1.18 bits per heavy atom. The van der Waals surface area contributed by atoms with Gasteiger partial charge in [0, 0.05) is 42.8 Å². The Bertz CT molecular complexity index is 1150. The maximum atomic E-state index is 12.1. The zero-order valence-corrected chi connectivity index (χ0v) is 15.6. The molecule has 4 rings (SSSR count). The molecule has 1 atom stereocenters. The SMILES string of the molecule is C[C@H](Nc1c(C(N)=O)cnc2ccc(-c3cccnc3)cc12)c1ccn(C)n1. The van der Waals surface area contributed by atoms with Crippen molar-refractivity contribution in [1.29, 1.82) is 0 Å². The van der Waals surface area contributed by atoms with E-state index in [-0.39, 0.29) is 6.04 Å². The number of aromatic nitrogens is 4. The molecule has 0 saturated heterocycles. The van der Waals surface area contributed by atoms with E-state index in [1.54, 1.807) is 17.1 Å². The largest absolute Gasteiger partial charge is 0.376 e. The van der Waals surface area contributed by atoms with Gasteiger partial charge in [-0.05, 0) is 36.8 Å². The van der Waals surface area contributed by atoms with Crippen molar-refractivity contribution in [3.05, 3.63) is 72.4 Å². The molecule has 3 N–H and O–H groups in total. The molecule has 7 heteroatoms. The van der Waals surface area contributed by atoms with Gasteiger partial charge >= 0.3 is 0 Å². The van der Waals surface area contributed by atoms with Crippen molar-refractivity contribution < 1.29 is 4.79 Å². The molecule has 3 heterocycles. The van der Waals surface area contributed by atoms with E-state index >= 15 is 0 Å². The van der Waals surface area contributed by atoms with Gasteiger partial charge in [0.15, 0.2) is 0 Å². The van der Waals surface area contributed by atoms with Crippen molar-refractivity contribution in [2.45, 2.75) is 13.0 Å². The monoisotopic (exact) mass is 372 g/mol. The number of nitrogens with one attached hydrogen (secondary N) is 1. The van der Waals surface area contributed by atoms with Crippen LogP contribution in [0.1, 0.15) is 29.0 Å². The summed E-state index contributed by atoms with van der Waals surface area (Å²) in [5.41, 5.74) is 10.2. The summed E-state index contributed by atoms with van der Waals surface area (Å²) in [5, 5.41) is 8.67. The van der Waals surface area contributed by atoms with Crippen LogP contribution in [0.25, 0.3) is 22.0 Å². The Labute approximate surface area is 162 Å². The molecular weight excluding hydrogens is 352 g/mol. The highest BCUT2D eigenvalue weighted by atomic mass is 16.1. The fraction of sp³-hybridized carbons (Fsp3) is 0.143. The number of carbonyl (C=O) groups is 1. The highest BCUT2D eigenvalue weighted by molar-refractivity contribution is 6.07. The number of benzene rings is 1. The number of hydrogen-bond acceptors (Lipinski definition) is 5. The Hall–Kier alpha value is -3.74. The number of carbonyl (C=O) groups excluding carboxylic acids is 1. The molecule has 1 amide bonds. The van der Waals surface area contributed by atoms with Gasteiger partial charge in [-0.15, -0.1) is 0 Å². The van der Waals surface area contributed by atoms with Gasteiger partial charge in [-0.3, -0.25) is 19.4 Å². The van der Waals surface area contributed by atoms with Gasteiger partial charge in [-0.1, -0.05) is 12.1 Å². The van der Waals surface area contributed by atoms with Crippen molar-refractivity contribution in [3.8, 4) is 11.1 Å². The molecular formula is C21H20N6O. The average molecular weight is 372 g/mol. The number of primary amides is 1. The normalized spacial score (nSPS) is 12.1. The van der Waals surface area contributed by atoms with Gasteiger partial charge in [0.25, 0.3) is 5.91 Å². The first-order valence-electron chi connectivity index (χ1n) is 8.92. The van der Waals surface area contributed by atoms with E-state index < -0.39 is 5.91 Å². The molecule has 0 spiro atoms. The number of hydrogen-bond donors (Lipinski definition) is 2. The van der Waals surface area contributed by atoms with Crippen molar-refractivity contribution in [3.63, 3.8) is 0 Å². The molecule has 7 nitrogen and oxygen atoms in total. The number of aryl methyl sites for hydroxylation is 1. The number of amides is 1. The standard InChI is InChI=1S/C21H20N6O/c1-13(18-7-9-27(2)26-18)25-20-16-10-14(15-4-3-8-23-11-15)5-6-19(16)24-12-17(20)21(22)28/h3-13H,1-2H3,(H2,22,28)(H,24,25)/t13-/m0/s1. The maximum absolute atomic E-state index is 12.1. The van der Waals surface area contributed by atoms with Crippen molar-refractivity contribution in [2.24, 2.45) is 12.8 Å². The topological polar surface area (TPSA) is 98.7 Å². The molecule has 28 heavy (non-hydrogen) atoms. The van der Waals surface area contributed by atoms with E-state index in [0.717, 1.165) is 27.7 Å². The molecule has 0 bridgehead atoms. The fourth-order valence-electron chi connectivity index (χ4n) is 3.20.